The summed E-state index contributed by atoms with van der Waals surface area (Å²) in [6, 6.07) is 17.6. The highest BCUT2D eigenvalue weighted by Gasteiger charge is 2.47. The molecule has 0 radical (unpaired) electrons. The van der Waals surface area contributed by atoms with E-state index < -0.39 is 0 Å². The molecule has 0 spiro atoms. The predicted molar refractivity (Wildman–Crippen MR) is 130 cm³/mol. The maximum absolute atomic E-state index is 6.01. The maximum Gasteiger partial charge on any atom is 0.119 e. The van der Waals surface area contributed by atoms with Gasteiger partial charge in [-0.25, -0.2) is 0 Å². The predicted octanol–water partition coefficient (Wildman–Crippen LogP) is 7.73. The van der Waals surface area contributed by atoms with Crippen molar-refractivity contribution < 1.29 is 9.57 Å². The molecule has 0 saturated carbocycles. The Morgan fingerprint density at radius 1 is 0.903 bits per heavy atom. The summed E-state index contributed by atoms with van der Waals surface area (Å²) in [7, 11) is 0. The molecular weight excluding hydrogens is 382 g/mol. The molecule has 0 aromatic heterocycles. The third-order valence-corrected chi connectivity index (χ3v) is 6.23. The van der Waals surface area contributed by atoms with Crippen molar-refractivity contribution in [3.05, 3.63) is 66.4 Å². The third-order valence-electron chi connectivity index (χ3n) is 6.23. The first-order valence-corrected chi connectivity index (χ1v) is 11.7. The van der Waals surface area contributed by atoms with Gasteiger partial charge in [-0.3, -0.25) is 0 Å². The fourth-order valence-corrected chi connectivity index (χ4v) is 4.93. The van der Waals surface area contributed by atoms with Crippen LogP contribution in [-0.2, 0) is 4.84 Å². The second-order valence-corrected chi connectivity index (χ2v) is 9.95. The zero-order valence-corrected chi connectivity index (χ0v) is 20.2. The molecule has 0 atom stereocenters. The van der Waals surface area contributed by atoms with Gasteiger partial charge >= 0.3 is 0 Å². The zero-order chi connectivity index (χ0) is 22.5. The van der Waals surface area contributed by atoms with Crippen molar-refractivity contribution in [3.63, 3.8) is 0 Å². The summed E-state index contributed by atoms with van der Waals surface area (Å²) in [6.45, 7) is 14.1. The highest BCUT2D eigenvalue weighted by atomic mass is 16.7. The standard InChI is InChI=1S/C28H39NO2/c1-7-9-19-30-26-16-14-23(15-17-26)22-10-12-24(13-11-22)25-20-27(3,4)29(31-18-8-2)28(5,6)21-25/h8,10-18,25H,7,9,19-21H2,1-6H3/b18-8+. The minimum absolute atomic E-state index is 0.0434. The van der Waals surface area contributed by atoms with Crippen molar-refractivity contribution in [2.45, 2.75) is 84.2 Å². The van der Waals surface area contributed by atoms with Crippen LogP contribution in [0.15, 0.2) is 60.9 Å². The molecule has 31 heavy (non-hydrogen) atoms. The van der Waals surface area contributed by atoms with E-state index in [0.717, 1.165) is 38.0 Å². The molecule has 1 saturated heterocycles. The van der Waals surface area contributed by atoms with Crippen LogP contribution in [0.25, 0.3) is 11.1 Å². The quantitative estimate of drug-likeness (QED) is 0.321. The van der Waals surface area contributed by atoms with Crippen molar-refractivity contribution >= 4 is 0 Å². The Balaban J connectivity index is 1.71. The number of rotatable bonds is 8. The fraction of sp³-hybridized carbons (Fsp3) is 0.500. The van der Waals surface area contributed by atoms with Crippen molar-refractivity contribution in [1.29, 1.82) is 0 Å². The van der Waals surface area contributed by atoms with E-state index in [1.54, 1.807) is 6.26 Å². The van der Waals surface area contributed by atoms with Crippen LogP contribution in [0.5, 0.6) is 5.75 Å². The number of hydrogen-bond acceptors (Lipinski definition) is 3. The minimum atomic E-state index is -0.0434. The molecule has 168 valence electrons. The molecular formula is C28H39NO2. The van der Waals surface area contributed by atoms with Gasteiger partial charge in [0.25, 0.3) is 0 Å². The van der Waals surface area contributed by atoms with Gasteiger partial charge in [0, 0.05) is 0 Å². The molecule has 0 bridgehead atoms. The average molecular weight is 422 g/mol. The fourth-order valence-electron chi connectivity index (χ4n) is 4.93. The highest BCUT2D eigenvalue weighted by molar-refractivity contribution is 5.64. The van der Waals surface area contributed by atoms with E-state index in [1.165, 1.54) is 16.7 Å². The Hall–Kier alpha value is -2.26. The van der Waals surface area contributed by atoms with Gasteiger partial charge in [0.1, 0.15) is 12.0 Å². The Kier molecular flexibility index (Phi) is 7.48. The summed E-state index contributed by atoms with van der Waals surface area (Å²) >= 11 is 0. The van der Waals surface area contributed by atoms with E-state index in [4.69, 9.17) is 9.57 Å². The largest absolute Gasteiger partial charge is 0.494 e. The second kappa shape index (κ2) is 9.91. The van der Waals surface area contributed by atoms with Crippen LogP contribution in [-0.4, -0.2) is 22.7 Å². The summed E-state index contributed by atoms with van der Waals surface area (Å²) in [5, 5.41) is 2.18. The summed E-state index contributed by atoms with van der Waals surface area (Å²) in [4.78, 5) is 6.01. The van der Waals surface area contributed by atoms with Gasteiger partial charge in [-0.05, 0) is 88.6 Å². The average Bonchev–Trinajstić information content (AvgIpc) is 2.73. The highest BCUT2D eigenvalue weighted by Crippen LogP contribution is 2.46. The van der Waals surface area contributed by atoms with Gasteiger partial charge in [-0.15, -0.1) is 5.06 Å². The lowest BCUT2D eigenvalue weighted by Crippen LogP contribution is -2.59. The Bertz CT molecular complexity index is 832. The first-order chi connectivity index (χ1) is 14.8. The van der Waals surface area contributed by atoms with Crippen LogP contribution in [0.2, 0.25) is 0 Å². The van der Waals surface area contributed by atoms with Crippen molar-refractivity contribution in [2.24, 2.45) is 0 Å². The van der Waals surface area contributed by atoms with E-state index in [9.17, 15) is 0 Å². The van der Waals surface area contributed by atoms with Gasteiger partial charge in [-0.1, -0.05) is 55.8 Å². The van der Waals surface area contributed by atoms with Crippen LogP contribution < -0.4 is 4.74 Å². The molecule has 3 rings (SSSR count). The molecule has 1 aliphatic heterocycles. The molecule has 1 heterocycles. The summed E-state index contributed by atoms with van der Waals surface area (Å²) in [5.74, 6) is 1.46. The van der Waals surface area contributed by atoms with E-state index in [-0.39, 0.29) is 11.1 Å². The molecule has 3 heteroatoms. The molecule has 0 aliphatic carbocycles. The maximum atomic E-state index is 6.01. The number of nitrogens with zero attached hydrogens (tertiary/aromatic N) is 1. The lowest BCUT2D eigenvalue weighted by Gasteiger charge is -2.53. The lowest BCUT2D eigenvalue weighted by atomic mass is 9.72. The van der Waals surface area contributed by atoms with E-state index in [1.807, 2.05) is 13.0 Å². The summed E-state index contributed by atoms with van der Waals surface area (Å²) in [6.07, 6.45) is 8.12. The van der Waals surface area contributed by atoms with Gasteiger partial charge in [0.05, 0.1) is 17.7 Å². The van der Waals surface area contributed by atoms with Gasteiger partial charge in [-0.2, -0.15) is 0 Å². The van der Waals surface area contributed by atoms with Crippen molar-refractivity contribution in [3.8, 4) is 16.9 Å². The monoisotopic (exact) mass is 421 g/mol. The van der Waals surface area contributed by atoms with Crippen LogP contribution in [0.1, 0.15) is 78.7 Å². The van der Waals surface area contributed by atoms with Gasteiger partial charge < -0.3 is 9.57 Å². The third kappa shape index (κ3) is 5.71. The van der Waals surface area contributed by atoms with E-state index >= 15 is 0 Å². The molecule has 1 aliphatic rings. The van der Waals surface area contributed by atoms with Crippen LogP contribution in [0, 0.1) is 0 Å². The number of benzene rings is 2. The van der Waals surface area contributed by atoms with E-state index in [2.05, 4.69) is 88.2 Å². The molecule has 1 fully saturated rings. The number of unbranched alkanes of at least 4 members (excludes halogenated alkanes) is 1. The second-order valence-electron chi connectivity index (χ2n) is 9.95. The first-order valence-electron chi connectivity index (χ1n) is 11.7. The number of allylic oxidation sites excluding steroid dienone is 1. The number of hydroxylamine groups is 2. The first kappa shape index (κ1) is 23.4. The summed E-state index contributed by atoms with van der Waals surface area (Å²) < 4.78 is 5.79. The van der Waals surface area contributed by atoms with Crippen molar-refractivity contribution in [1.82, 2.24) is 5.06 Å². The Morgan fingerprint density at radius 2 is 1.45 bits per heavy atom. The van der Waals surface area contributed by atoms with Gasteiger partial charge in [0.2, 0.25) is 0 Å². The van der Waals surface area contributed by atoms with Crippen LogP contribution in [0.3, 0.4) is 0 Å². The molecule has 3 nitrogen and oxygen atoms in total. The Labute approximate surface area is 189 Å². The number of ether oxygens (including phenoxy) is 1. The molecule has 0 unspecified atom stereocenters. The number of hydrogen-bond donors (Lipinski definition) is 0. The topological polar surface area (TPSA) is 21.7 Å². The SMILES string of the molecule is C/C=C/ON1C(C)(C)CC(c2ccc(-c3ccc(OCCCC)cc3)cc2)CC1(C)C. The normalized spacial score (nSPS) is 18.9. The van der Waals surface area contributed by atoms with Crippen molar-refractivity contribution in [2.75, 3.05) is 6.61 Å². The minimum Gasteiger partial charge on any atom is -0.494 e. The van der Waals surface area contributed by atoms with Crippen LogP contribution >= 0.6 is 0 Å². The number of piperidine rings is 1. The smallest absolute Gasteiger partial charge is 0.119 e. The molecule has 2 aromatic rings. The van der Waals surface area contributed by atoms with Crippen LogP contribution in [0.4, 0.5) is 0 Å². The van der Waals surface area contributed by atoms with E-state index in [0.29, 0.717) is 5.92 Å². The Morgan fingerprint density at radius 3 is 1.97 bits per heavy atom. The zero-order valence-electron chi connectivity index (χ0n) is 20.2. The lowest BCUT2D eigenvalue weighted by molar-refractivity contribution is -0.249. The summed E-state index contributed by atoms with van der Waals surface area (Å²) in [5.41, 5.74) is 3.80. The molecule has 0 amide bonds. The van der Waals surface area contributed by atoms with Gasteiger partial charge in [0.15, 0.2) is 0 Å². The molecule has 0 N–H and O–H groups in total. The molecule has 2 aromatic carbocycles.